The van der Waals surface area contributed by atoms with Gasteiger partial charge in [0.2, 0.25) is 0 Å². The Hall–Kier alpha value is -1.98. The Labute approximate surface area is 123 Å². The topological polar surface area (TPSA) is 75.3 Å². The monoisotopic (exact) mass is 314 g/mol. The van der Waals surface area contributed by atoms with Gasteiger partial charge in [-0.3, -0.25) is 0 Å². The maximum Gasteiger partial charge on any atom is 0.340 e. The number of carboxylic acids is 1. The smallest absolute Gasteiger partial charge is 0.340 e. The first-order chi connectivity index (χ1) is 9.40. The molecule has 0 bridgehead atoms. The predicted octanol–water partition coefficient (Wildman–Crippen LogP) is 4.16. The van der Waals surface area contributed by atoms with Crippen LogP contribution in [0.25, 0.3) is 0 Å². The molecule has 0 aliphatic heterocycles. The van der Waals surface area contributed by atoms with Gasteiger partial charge in [0.05, 0.1) is 22.1 Å². The maximum atomic E-state index is 13.3. The van der Waals surface area contributed by atoms with Crippen molar-refractivity contribution in [1.82, 2.24) is 0 Å². The molecule has 104 valence electrons. The minimum absolute atomic E-state index is 0.126. The van der Waals surface area contributed by atoms with Crippen molar-refractivity contribution in [2.45, 2.75) is 0 Å². The van der Waals surface area contributed by atoms with E-state index in [1.807, 2.05) is 0 Å². The number of carbonyl (C=O) groups is 1. The third-order valence-corrected chi connectivity index (χ3v) is 3.17. The molecule has 0 saturated carbocycles. The number of carboxylic acid groups (broad SMARTS) is 1. The summed E-state index contributed by atoms with van der Waals surface area (Å²) in [6, 6.07) is 7.01. The van der Waals surface area contributed by atoms with E-state index < -0.39 is 17.5 Å². The molecule has 2 aromatic carbocycles. The molecule has 0 aromatic heterocycles. The number of aromatic carboxylic acids is 1. The Bertz CT molecular complexity index is 692. The second-order valence-electron chi connectivity index (χ2n) is 3.94. The van der Waals surface area contributed by atoms with Gasteiger partial charge in [0, 0.05) is 5.02 Å². The summed E-state index contributed by atoms with van der Waals surface area (Å²) < 4.78 is 13.3. The number of nitrogens with two attached hydrogens (primary N) is 1. The van der Waals surface area contributed by atoms with Crippen LogP contribution >= 0.6 is 23.2 Å². The number of anilines is 3. The van der Waals surface area contributed by atoms with Crippen LogP contribution in [0.3, 0.4) is 0 Å². The number of nitrogen functional groups attached to an aromatic ring is 1. The van der Waals surface area contributed by atoms with Crippen LogP contribution < -0.4 is 11.1 Å². The zero-order chi connectivity index (χ0) is 14.9. The third kappa shape index (κ3) is 2.79. The highest BCUT2D eigenvalue weighted by Crippen LogP contribution is 2.32. The first-order valence-electron chi connectivity index (χ1n) is 5.43. The summed E-state index contributed by atoms with van der Waals surface area (Å²) in [4.78, 5) is 11.2. The first kappa shape index (κ1) is 14.4. The fourth-order valence-electron chi connectivity index (χ4n) is 1.67. The van der Waals surface area contributed by atoms with Crippen LogP contribution in [0.1, 0.15) is 10.4 Å². The van der Waals surface area contributed by atoms with Crippen LogP contribution in [0.4, 0.5) is 21.5 Å². The summed E-state index contributed by atoms with van der Waals surface area (Å²) in [5, 5.41) is 12.7. The molecule has 7 heteroatoms. The van der Waals surface area contributed by atoms with Gasteiger partial charge in [-0.25, -0.2) is 9.18 Å². The van der Waals surface area contributed by atoms with Gasteiger partial charge >= 0.3 is 5.97 Å². The van der Waals surface area contributed by atoms with Crippen LogP contribution in [0.5, 0.6) is 0 Å². The molecule has 4 nitrogen and oxygen atoms in total. The van der Waals surface area contributed by atoms with Gasteiger partial charge in [-0.2, -0.15) is 0 Å². The summed E-state index contributed by atoms with van der Waals surface area (Å²) >= 11 is 11.8. The minimum atomic E-state index is -1.34. The zero-order valence-electron chi connectivity index (χ0n) is 9.95. The van der Waals surface area contributed by atoms with E-state index in [-0.39, 0.29) is 11.3 Å². The van der Waals surface area contributed by atoms with Gasteiger partial charge in [0.25, 0.3) is 0 Å². The highest BCUT2D eigenvalue weighted by atomic mass is 35.5. The third-order valence-electron chi connectivity index (χ3n) is 2.60. The molecular weight excluding hydrogens is 306 g/mol. The van der Waals surface area contributed by atoms with Crippen molar-refractivity contribution in [2.24, 2.45) is 0 Å². The van der Waals surface area contributed by atoms with Crippen molar-refractivity contribution >= 4 is 46.2 Å². The lowest BCUT2D eigenvalue weighted by Crippen LogP contribution is -2.08. The van der Waals surface area contributed by atoms with E-state index in [0.29, 0.717) is 15.7 Å². The molecular formula is C13H9Cl2FN2O2. The minimum Gasteiger partial charge on any atom is -0.478 e. The summed E-state index contributed by atoms with van der Waals surface area (Å²) in [6.45, 7) is 0. The van der Waals surface area contributed by atoms with Gasteiger partial charge in [-0.05, 0) is 30.3 Å². The highest BCUT2D eigenvalue weighted by molar-refractivity contribution is 6.35. The van der Waals surface area contributed by atoms with E-state index >= 15 is 0 Å². The number of halogens is 3. The largest absolute Gasteiger partial charge is 0.478 e. The molecule has 0 unspecified atom stereocenters. The summed E-state index contributed by atoms with van der Waals surface area (Å²) in [5.74, 6) is -2.15. The van der Waals surface area contributed by atoms with Gasteiger partial charge in [0.15, 0.2) is 0 Å². The number of nitrogens with one attached hydrogen (secondary N) is 1. The molecule has 0 saturated heterocycles. The normalized spacial score (nSPS) is 10.3. The number of hydrogen-bond donors (Lipinski definition) is 3. The summed E-state index contributed by atoms with van der Waals surface area (Å²) in [6.07, 6.45) is 0. The molecule has 0 aliphatic carbocycles. The Morgan fingerprint density at radius 2 is 1.90 bits per heavy atom. The lowest BCUT2D eigenvalue weighted by molar-refractivity contribution is 0.0698. The molecule has 2 aromatic rings. The predicted molar refractivity (Wildman–Crippen MR) is 77.5 cm³/mol. The Morgan fingerprint density at radius 3 is 2.55 bits per heavy atom. The fraction of sp³-hybridized carbons (Fsp3) is 0. The van der Waals surface area contributed by atoms with E-state index in [2.05, 4.69) is 5.32 Å². The van der Waals surface area contributed by atoms with Crippen molar-refractivity contribution in [3.05, 3.63) is 51.8 Å². The molecule has 0 amide bonds. The molecule has 20 heavy (non-hydrogen) atoms. The Kier molecular flexibility index (Phi) is 4.01. The molecule has 0 radical (unpaired) electrons. The van der Waals surface area contributed by atoms with Crippen molar-refractivity contribution < 1.29 is 14.3 Å². The van der Waals surface area contributed by atoms with Crippen LogP contribution in [-0.2, 0) is 0 Å². The van der Waals surface area contributed by atoms with Crippen molar-refractivity contribution in [3.63, 3.8) is 0 Å². The quantitative estimate of drug-likeness (QED) is 0.744. The number of hydrogen-bond acceptors (Lipinski definition) is 3. The van der Waals surface area contributed by atoms with E-state index in [0.717, 1.165) is 6.07 Å². The van der Waals surface area contributed by atoms with Gasteiger partial charge < -0.3 is 16.2 Å². The Balaban J connectivity index is 2.51. The van der Waals surface area contributed by atoms with Crippen molar-refractivity contribution in [2.75, 3.05) is 11.1 Å². The van der Waals surface area contributed by atoms with Crippen LogP contribution in [0.2, 0.25) is 10.0 Å². The van der Waals surface area contributed by atoms with Gasteiger partial charge in [0.1, 0.15) is 11.4 Å². The zero-order valence-corrected chi connectivity index (χ0v) is 11.5. The molecule has 4 N–H and O–H groups in total. The highest BCUT2D eigenvalue weighted by Gasteiger charge is 2.18. The van der Waals surface area contributed by atoms with Gasteiger partial charge in [-0.1, -0.05) is 23.2 Å². The van der Waals surface area contributed by atoms with Crippen LogP contribution in [0.15, 0.2) is 30.3 Å². The molecule has 2 rings (SSSR count). The van der Waals surface area contributed by atoms with E-state index in [1.54, 1.807) is 12.1 Å². The van der Waals surface area contributed by atoms with Crippen LogP contribution in [0, 0.1) is 5.82 Å². The Morgan fingerprint density at radius 1 is 1.20 bits per heavy atom. The molecule has 0 aliphatic rings. The van der Waals surface area contributed by atoms with E-state index in [1.165, 1.54) is 12.1 Å². The second-order valence-corrected chi connectivity index (χ2v) is 4.78. The summed E-state index contributed by atoms with van der Waals surface area (Å²) in [5.41, 5.74) is 5.17. The standard InChI is InChI=1S/C13H9Cl2FN2O2/c14-6-1-2-7(15)10(5-6)18-9-4-3-8(16)12(17)11(9)13(19)20/h1-5,18H,17H2,(H,19,20). The van der Waals surface area contributed by atoms with E-state index in [9.17, 15) is 9.18 Å². The van der Waals surface area contributed by atoms with Gasteiger partial charge in [-0.15, -0.1) is 0 Å². The molecule has 0 spiro atoms. The average molecular weight is 315 g/mol. The van der Waals surface area contributed by atoms with Crippen LogP contribution in [-0.4, -0.2) is 11.1 Å². The number of benzene rings is 2. The SMILES string of the molecule is Nc1c(F)ccc(Nc2cc(Cl)ccc2Cl)c1C(=O)O. The lowest BCUT2D eigenvalue weighted by atomic mass is 10.1. The first-order valence-corrected chi connectivity index (χ1v) is 6.19. The van der Waals surface area contributed by atoms with E-state index in [4.69, 9.17) is 34.0 Å². The number of rotatable bonds is 3. The van der Waals surface area contributed by atoms with Crippen molar-refractivity contribution in [1.29, 1.82) is 0 Å². The molecule has 0 fully saturated rings. The maximum absolute atomic E-state index is 13.3. The lowest BCUT2D eigenvalue weighted by Gasteiger charge is -2.13. The molecule has 0 atom stereocenters. The summed E-state index contributed by atoms with van der Waals surface area (Å²) in [7, 11) is 0. The fourth-order valence-corrected chi connectivity index (χ4v) is 2.00. The average Bonchev–Trinajstić information content (AvgIpc) is 2.38. The van der Waals surface area contributed by atoms with Crippen molar-refractivity contribution in [3.8, 4) is 0 Å². The second kappa shape index (κ2) is 5.56. The molecule has 0 heterocycles.